The van der Waals surface area contributed by atoms with Gasteiger partial charge in [0.15, 0.2) is 0 Å². The number of hydrogen-bond acceptors (Lipinski definition) is 8. The first kappa shape index (κ1) is 25.8. The average Bonchev–Trinajstić information content (AvgIpc) is 3.35. The number of rotatable bonds is 8. The summed E-state index contributed by atoms with van der Waals surface area (Å²) in [6.45, 7) is 6.09. The molecule has 9 heteroatoms. The molecule has 0 radical (unpaired) electrons. The Labute approximate surface area is 236 Å². The van der Waals surface area contributed by atoms with Crippen LogP contribution in [-0.2, 0) is 6.54 Å². The number of aliphatic hydroxyl groups is 1. The lowest BCUT2D eigenvalue weighted by Gasteiger charge is -2.18. The fraction of sp³-hybridized carbons (Fsp3) is 0.161. The van der Waals surface area contributed by atoms with Crippen LogP contribution in [0.25, 0.3) is 32.9 Å². The largest absolute Gasteiger partial charge is 0.389 e. The molecular formula is C31H29N7OS. The molecule has 0 aliphatic rings. The van der Waals surface area contributed by atoms with Crippen LogP contribution in [0.5, 0.6) is 0 Å². The Morgan fingerprint density at radius 3 is 2.50 bits per heavy atom. The van der Waals surface area contributed by atoms with Crippen LogP contribution in [-0.4, -0.2) is 35.4 Å². The highest BCUT2D eigenvalue weighted by Gasteiger charge is 2.18. The van der Waals surface area contributed by atoms with Crippen LogP contribution >= 0.6 is 11.9 Å². The molecule has 0 atom stereocenters. The summed E-state index contributed by atoms with van der Waals surface area (Å²) in [5.74, 6) is 1.56. The molecule has 6 rings (SSSR count). The Morgan fingerprint density at radius 1 is 0.875 bits per heavy atom. The number of aromatic nitrogens is 5. The predicted molar refractivity (Wildman–Crippen MR) is 163 cm³/mol. The first-order valence-corrected chi connectivity index (χ1v) is 13.8. The van der Waals surface area contributed by atoms with Crippen LogP contribution in [0.4, 0.5) is 17.3 Å². The second-order valence-electron chi connectivity index (χ2n) is 10.3. The lowest BCUT2D eigenvalue weighted by Crippen LogP contribution is -2.26. The van der Waals surface area contributed by atoms with Gasteiger partial charge in [0.05, 0.1) is 29.6 Å². The molecule has 6 aromatic rings. The van der Waals surface area contributed by atoms with Crippen LogP contribution in [0.15, 0.2) is 96.4 Å². The second-order valence-corrected chi connectivity index (χ2v) is 11.2. The number of nitrogens with zero attached hydrogens (tertiary/aromatic N) is 5. The molecule has 0 amide bonds. The van der Waals surface area contributed by atoms with E-state index in [0.29, 0.717) is 6.54 Å². The van der Waals surface area contributed by atoms with Gasteiger partial charge in [-0.2, -0.15) is 5.10 Å². The minimum atomic E-state index is -0.852. The van der Waals surface area contributed by atoms with Crippen LogP contribution in [0, 0.1) is 6.92 Å². The fourth-order valence-corrected chi connectivity index (χ4v) is 5.29. The van der Waals surface area contributed by atoms with E-state index < -0.39 is 5.60 Å². The van der Waals surface area contributed by atoms with E-state index in [-0.39, 0.29) is 0 Å². The molecule has 0 fully saturated rings. The van der Waals surface area contributed by atoms with Crippen molar-refractivity contribution in [1.29, 1.82) is 0 Å². The van der Waals surface area contributed by atoms with Crippen LogP contribution in [0.2, 0.25) is 0 Å². The van der Waals surface area contributed by atoms with E-state index in [0.717, 1.165) is 60.7 Å². The van der Waals surface area contributed by atoms with Gasteiger partial charge in [0, 0.05) is 50.9 Å². The summed E-state index contributed by atoms with van der Waals surface area (Å²) < 4.78 is 5.10. The van der Waals surface area contributed by atoms with Gasteiger partial charge in [0.25, 0.3) is 0 Å². The van der Waals surface area contributed by atoms with Crippen molar-refractivity contribution in [3.8, 4) is 11.3 Å². The highest BCUT2D eigenvalue weighted by Crippen LogP contribution is 2.34. The second kappa shape index (κ2) is 10.6. The monoisotopic (exact) mass is 547 g/mol. The number of nitrogens with one attached hydrogen (secondary N) is 2. The SMILES string of the molecule is Cc1c(-c2nccc3cnc(Nc4ccc(SNc5ccccn5)cc4)cc23)ccc2c1cnn2CC(C)(C)O. The summed E-state index contributed by atoms with van der Waals surface area (Å²) in [6.07, 6.45) is 7.33. The molecule has 40 heavy (non-hydrogen) atoms. The molecule has 3 N–H and O–H groups in total. The zero-order valence-electron chi connectivity index (χ0n) is 22.5. The van der Waals surface area contributed by atoms with Crippen molar-refractivity contribution in [2.24, 2.45) is 0 Å². The Balaban J connectivity index is 1.26. The van der Waals surface area contributed by atoms with E-state index in [1.807, 2.05) is 77.9 Å². The molecule has 4 heterocycles. The molecule has 8 nitrogen and oxygen atoms in total. The van der Waals surface area contributed by atoms with Crippen LogP contribution < -0.4 is 10.0 Å². The van der Waals surface area contributed by atoms with E-state index in [1.165, 1.54) is 11.9 Å². The van der Waals surface area contributed by atoms with E-state index in [9.17, 15) is 5.11 Å². The Hall–Kier alpha value is -4.47. The summed E-state index contributed by atoms with van der Waals surface area (Å²) in [5, 5.41) is 21.3. The maximum Gasteiger partial charge on any atom is 0.136 e. The topological polar surface area (TPSA) is 101 Å². The highest BCUT2D eigenvalue weighted by atomic mass is 32.2. The maximum absolute atomic E-state index is 10.3. The molecule has 0 aliphatic heterocycles. The van der Waals surface area contributed by atoms with E-state index in [1.54, 1.807) is 20.0 Å². The van der Waals surface area contributed by atoms with Gasteiger partial charge in [0.1, 0.15) is 11.6 Å². The standard InChI is InChI=1S/C31H29N7OS/c1-20-24(11-12-27-26(20)18-35-38(27)19-31(2,3)39)30-25-16-29(34-17-21(25)13-15-33-30)36-22-7-9-23(10-8-22)40-37-28-6-4-5-14-32-28/h4-18,39H,19H2,1-3H3,(H,32,37)(H,34,36). The molecule has 200 valence electrons. The zero-order chi connectivity index (χ0) is 27.7. The predicted octanol–water partition coefficient (Wildman–Crippen LogP) is 6.98. The normalized spacial score (nSPS) is 11.7. The minimum absolute atomic E-state index is 0.420. The lowest BCUT2D eigenvalue weighted by atomic mass is 9.98. The maximum atomic E-state index is 10.3. The van der Waals surface area contributed by atoms with Gasteiger partial charge in [-0.15, -0.1) is 0 Å². The van der Waals surface area contributed by atoms with E-state index in [4.69, 9.17) is 4.98 Å². The van der Waals surface area contributed by atoms with Crippen molar-refractivity contribution in [1.82, 2.24) is 24.7 Å². The third-order valence-electron chi connectivity index (χ3n) is 6.60. The first-order chi connectivity index (χ1) is 19.3. The number of benzene rings is 2. The van der Waals surface area contributed by atoms with Gasteiger partial charge in [-0.3, -0.25) is 9.67 Å². The molecule has 0 unspecified atom stereocenters. The van der Waals surface area contributed by atoms with Gasteiger partial charge in [0.2, 0.25) is 0 Å². The highest BCUT2D eigenvalue weighted by molar-refractivity contribution is 8.00. The molecule has 4 aromatic heterocycles. The molecular weight excluding hydrogens is 518 g/mol. The van der Waals surface area contributed by atoms with E-state index >= 15 is 0 Å². The Kier molecular flexibility index (Phi) is 6.83. The summed E-state index contributed by atoms with van der Waals surface area (Å²) in [4.78, 5) is 14.8. The first-order valence-electron chi connectivity index (χ1n) is 13.0. The quantitative estimate of drug-likeness (QED) is 0.175. The summed E-state index contributed by atoms with van der Waals surface area (Å²) >= 11 is 1.51. The molecule has 0 spiro atoms. The zero-order valence-corrected chi connectivity index (χ0v) is 23.3. The molecule has 2 aromatic carbocycles. The van der Waals surface area contributed by atoms with Gasteiger partial charge in [-0.1, -0.05) is 12.1 Å². The van der Waals surface area contributed by atoms with Crippen molar-refractivity contribution in [2.45, 2.75) is 37.8 Å². The number of pyridine rings is 3. The lowest BCUT2D eigenvalue weighted by molar-refractivity contribution is 0.0591. The number of hydrogen-bond donors (Lipinski definition) is 3. The number of aryl methyl sites for hydroxylation is 1. The van der Waals surface area contributed by atoms with Crippen LogP contribution in [0.3, 0.4) is 0 Å². The Morgan fingerprint density at radius 2 is 1.73 bits per heavy atom. The van der Waals surface area contributed by atoms with Gasteiger partial charge < -0.3 is 15.1 Å². The van der Waals surface area contributed by atoms with Gasteiger partial charge >= 0.3 is 0 Å². The molecule has 0 saturated carbocycles. The van der Waals surface area contributed by atoms with Gasteiger partial charge in [-0.25, -0.2) is 9.97 Å². The van der Waals surface area contributed by atoms with Gasteiger partial charge in [-0.05, 0) is 92.9 Å². The van der Waals surface area contributed by atoms with Crippen molar-refractivity contribution >= 4 is 50.9 Å². The molecule has 0 saturated heterocycles. The summed E-state index contributed by atoms with van der Waals surface area (Å²) in [6, 6.07) is 22.1. The minimum Gasteiger partial charge on any atom is -0.389 e. The average molecular weight is 548 g/mol. The van der Waals surface area contributed by atoms with Crippen molar-refractivity contribution < 1.29 is 5.11 Å². The third-order valence-corrected chi connectivity index (χ3v) is 7.42. The molecule has 0 bridgehead atoms. The third kappa shape index (κ3) is 5.47. The Bertz CT molecular complexity index is 1800. The number of anilines is 3. The van der Waals surface area contributed by atoms with Crippen LogP contribution in [0.1, 0.15) is 19.4 Å². The smallest absolute Gasteiger partial charge is 0.136 e. The summed E-state index contributed by atoms with van der Waals surface area (Å²) in [5.41, 5.74) is 4.11. The molecule has 0 aliphatic carbocycles. The van der Waals surface area contributed by atoms with Crippen molar-refractivity contribution in [3.63, 3.8) is 0 Å². The summed E-state index contributed by atoms with van der Waals surface area (Å²) in [7, 11) is 0. The number of fused-ring (bicyclic) bond motifs is 2. The van der Waals surface area contributed by atoms with Crippen molar-refractivity contribution in [2.75, 3.05) is 10.0 Å². The fourth-order valence-electron chi connectivity index (χ4n) is 4.68. The van der Waals surface area contributed by atoms with Crippen molar-refractivity contribution in [3.05, 3.63) is 97.1 Å². The van der Waals surface area contributed by atoms with E-state index in [2.05, 4.69) is 44.2 Å².